The first kappa shape index (κ1) is 16.2. The molecule has 24 heavy (non-hydrogen) atoms. The lowest BCUT2D eigenvalue weighted by molar-refractivity contribution is -0.137. The predicted molar refractivity (Wildman–Crippen MR) is 84.0 cm³/mol. The molecule has 1 aliphatic heterocycles. The van der Waals surface area contributed by atoms with Crippen molar-refractivity contribution in [1.82, 2.24) is 9.88 Å². The SMILES string of the molecule is C=CC(=O)N1CCc2ncc(-c3ccc(C(F)(F)F)cc3)cc2C1. The number of aromatic nitrogens is 1. The zero-order valence-corrected chi connectivity index (χ0v) is 12.8. The van der Waals surface area contributed by atoms with E-state index in [9.17, 15) is 18.0 Å². The van der Waals surface area contributed by atoms with Crippen molar-refractivity contribution >= 4 is 5.91 Å². The second kappa shape index (κ2) is 6.11. The van der Waals surface area contributed by atoms with Crippen LogP contribution in [0.5, 0.6) is 0 Å². The van der Waals surface area contributed by atoms with Crippen LogP contribution in [0.4, 0.5) is 13.2 Å². The van der Waals surface area contributed by atoms with Gasteiger partial charge in [0.05, 0.1) is 5.56 Å². The molecule has 0 N–H and O–H groups in total. The number of amides is 1. The average Bonchev–Trinajstić information content (AvgIpc) is 2.59. The second-order valence-corrected chi connectivity index (χ2v) is 5.62. The molecule has 0 radical (unpaired) electrons. The fourth-order valence-electron chi connectivity index (χ4n) is 2.75. The fraction of sp³-hybridized carbons (Fsp3) is 0.222. The topological polar surface area (TPSA) is 33.2 Å². The molecule has 3 rings (SSSR count). The zero-order valence-electron chi connectivity index (χ0n) is 12.8. The number of fused-ring (bicyclic) bond motifs is 1. The Morgan fingerprint density at radius 1 is 1.21 bits per heavy atom. The van der Waals surface area contributed by atoms with Crippen LogP contribution in [0.25, 0.3) is 11.1 Å². The van der Waals surface area contributed by atoms with Crippen molar-refractivity contribution in [2.45, 2.75) is 19.1 Å². The molecule has 3 nitrogen and oxygen atoms in total. The summed E-state index contributed by atoms with van der Waals surface area (Å²) in [7, 11) is 0. The van der Waals surface area contributed by atoms with E-state index in [0.717, 1.165) is 29.0 Å². The van der Waals surface area contributed by atoms with E-state index in [1.54, 1.807) is 11.1 Å². The Hall–Kier alpha value is -2.63. The Bertz CT molecular complexity index is 782. The maximum absolute atomic E-state index is 12.6. The maximum atomic E-state index is 12.6. The Labute approximate surface area is 137 Å². The lowest BCUT2D eigenvalue weighted by atomic mass is 9.99. The van der Waals surface area contributed by atoms with Crippen LogP contribution in [-0.2, 0) is 23.9 Å². The Kier molecular flexibility index (Phi) is 4.13. The molecule has 0 unspecified atom stereocenters. The molecule has 2 aromatic rings. The average molecular weight is 332 g/mol. The van der Waals surface area contributed by atoms with Crippen molar-refractivity contribution in [2.24, 2.45) is 0 Å². The Morgan fingerprint density at radius 2 is 1.92 bits per heavy atom. The van der Waals surface area contributed by atoms with Crippen molar-refractivity contribution in [3.63, 3.8) is 0 Å². The molecule has 1 aromatic heterocycles. The third-order valence-corrected chi connectivity index (χ3v) is 4.07. The summed E-state index contributed by atoms with van der Waals surface area (Å²) in [5, 5.41) is 0. The first-order valence-electron chi connectivity index (χ1n) is 7.45. The summed E-state index contributed by atoms with van der Waals surface area (Å²) in [6.07, 6.45) is -0.759. The normalized spacial score (nSPS) is 14.2. The van der Waals surface area contributed by atoms with Crippen LogP contribution in [0.2, 0.25) is 0 Å². The van der Waals surface area contributed by atoms with Crippen LogP contribution in [0.1, 0.15) is 16.8 Å². The van der Waals surface area contributed by atoms with Gasteiger partial charge in [-0.05, 0) is 35.4 Å². The van der Waals surface area contributed by atoms with Gasteiger partial charge < -0.3 is 4.90 Å². The predicted octanol–water partition coefficient (Wildman–Crippen LogP) is 3.84. The first-order chi connectivity index (χ1) is 11.4. The van der Waals surface area contributed by atoms with E-state index in [1.165, 1.54) is 18.2 Å². The summed E-state index contributed by atoms with van der Waals surface area (Å²) < 4.78 is 37.9. The van der Waals surface area contributed by atoms with Crippen molar-refractivity contribution in [3.8, 4) is 11.1 Å². The number of hydrogen-bond donors (Lipinski definition) is 0. The standard InChI is InChI=1S/C18H15F3N2O/c1-2-17(24)23-8-7-16-14(11-23)9-13(10-22-16)12-3-5-15(6-4-12)18(19,20)21/h2-6,9-10H,1,7-8,11H2. The molecule has 1 aromatic carbocycles. The molecular weight excluding hydrogens is 317 g/mol. The molecule has 0 saturated carbocycles. The summed E-state index contributed by atoms with van der Waals surface area (Å²) in [5.74, 6) is -0.138. The van der Waals surface area contributed by atoms with Crippen LogP contribution < -0.4 is 0 Å². The van der Waals surface area contributed by atoms with Gasteiger partial charge in [0.1, 0.15) is 0 Å². The minimum Gasteiger partial charge on any atom is -0.334 e. The van der Waals surface area contributed by atoms with Gasteiger partial charge in [-0.25, -0.2) is 0 Å². The summed E-state index contributed by atoms with van der Waals surface area (Å²) in [6.45, 7) is 4.51. The molecule has 0 fully saturated rings. The van der Waals surface area contributed by atoms with Gasteiger partial charge in [0, 0.05) is 37.0 Å². The first-order valence-corrected chi connectivity index (χ1v) is 7.45. The van der Waals surface area contributed by atoms with E-state index in [-0.39, 0.29) is 5.91 Å². The molecule has 0 aliphatic carbocycles. The number of carbonyl (C=O) groups is 1. The number of carbonyl (C=O) groups excluding carboxylic acids is 1. The monoisotopic (exact) mass is 332 g/mol. The smallest absolute Gasteiger partial charge is 0.334 e. The van der Waals surface area contributed by atoms with E-state index in [0.29, 0.717) is 25.1 Å². The van der Waals surface area contributed by atoms with Gasteiger partial charge in [0.15, 0.2) is 0 Å². The van der Waals surface area contributed by atoms with Gasteiger partial charge >= 0.3 is 6.18 Å². The summed E-state index contributed by atoms with van der Waals surface area (Å²) in [6, 6.07) is 6.86. The van der Waals surface area contributed by atoms with E-state index in [2.05, 4.69) is 11.6 Å². The van der Waals surface area contributed by atoms with Crippen LogP contribution in [0, 0.1) is 0 Å². The largest absolute Gasteiger partial charge is 0.416 e. The highest BCUT2D eigenvalue weighted by molar-refractivity contribution is 5.87. The molecule has 0 atom stereocenters. The summed E-state index contributed by atoms with van der Waals surface area (Å²) >= 11 is 0. The van der Waals surface area contributed by atoms with Gasteiger partial charge in [0.2, 0.25) is 5.91 Å². The van der Waals surface area contributed by atoms with Crippen LogP contribution >= 0.6 is 0 Å². The summed E-state index contributed by atoms with van der Waals surface area (Å²) in [4.78, 5) is 17.8. The van der Waals surface area contributed by atoms with Crippen LogP contribution in [-0.4, -0.2) is 22.3 Å². The maximum Gasteiger partial charge on any atom is 0.416 e. The van der Waals surface area contributed by atoms with E-state index < -0.39 is 11.7 Å². The quantitative estimate of drug-likeness (QED) is 0.783. The highest BCUT2D eigenvalue weighted by atomic mass is 19.4. The molecule has 124 valence electrons. The van der Waals surface area contributed by atoms with Crippen molar-refractivity contribution < 1.29 is 18.0 Å². The molecular formula is C18H15F3N2O. The third-order valence-electron chi connectivity index (χ3n) is 4.07. The van der Waals surface area contributed by atoms with Gasteiger partial charge in [0.25, 0.3) is 0 Å². The van der Waals surface area contributed by atoms with Gasteiger partial charge in [-0.2, -0.15) is 13.2 Å². The molecule has 1 amide bonds. The third kappa shape index (κ3) is 3.18. The van der Waals surface area contributed by atoms with E-state index >= 15 is 0 Å². The molecule has 2 heterocycles. The molecule has 1 aliphatic rings. The van der Waals surface area contributed by atoms with Crippen LogP contribution in [0.15, 0.2) is 49.2 Å². The summed E-state index contributed by atoms with van der Waals surface area (Å²) in [5.41, 5.74) is 2.54. The number of benzene rings is 1. The number of alkyl halides is 3. The van der Waals surface area contributed by atoms with E-state index in [1.807, 2.05) is 6.07 Å². The van der Waals surface area contributed by atoms with Crippen molar-refractivity contribution in [2.75, 3.05) is 6.54 Å². The van der Waals surface area contributed by atoms with Crippen LogP contribution in [0.3, 0.4) is 0 Å². The highest BCUT2D eigenvalue weighted by Crippen LogP contribution is 2.31. The van der Waals surface area contributed by atoms with Crippen molar-refractivity contribution in [3.05, 3.63) is 66.0 Å². The second-order valence-electron chi connectivity index (χ2n) is 5.62. The lowest BCUT2D eigenvalue weighted by Gasteiger charge is -2.27. The molecule has 0 saturated heterocycles. The number of nitrogens with zero attached hydrogens (tertiary/aromatic N) is 2. The van der Waals surface area contributed by atoms with Gasteiger partial charge in [-0.3, -0.25) is 9.78 Å². The fourth-order valence-corrected chi connectivity index (χ4v) is 2.75. The Balaban J connectivity index is 1.89. The number of hydrogen-bond acceptors (Lipinski definition) is 2. The molecule has 0 bridgehead atoms. The number of rotatable bonds is 2. The highest BCUT2D eigenvalue weighted by Gasteiger charge is 2.30. The number of halogens is 3. The molecule has 0 spiro atoms. The Morgan fingerprint density at radius 3 is 2.54 bits per heavy atom. The van der Waals surface area contributed by atoms with Crippen molar-refractivity contribution in [1.29, 1.82) is 0 Å². The number of pyridine rings is 1. The van der Waals surface area contributed by atoms with Gasteiger partial charge in [-0.1, -0.05) is 18.7 Å². The van der Waals surface area contributed by atoms with E-state index in [4.69, 9.17) is 0 Å². The zero-order chi connectivity index (χ0) is 17.3. The molecule has 6 heteroatoms. The van der Waals surface area contributed by atoms with Gasteiger partial charge in [-0.15, -0.1) is 0 Å². The lowest BCUT2D eigenvalue weighted by Crippen LogP contribution is -2.35. The minimum absolute atomic E-state index is 0.138. The minimum atomic E-state index is -4.35.